The van der Waals surface area contributed by atoms with Crippen molar-refractivity contribution < 1.29 is 14.3 Å². The van der Waals surface area contributed by atoms with Crippen LogP contribution in [0.5, 0.6) is 11.5 Å². The summed E-state index contributed by atoms with van der Waals surface area (Å²) in [4.78, 5) is 13.0. The molecule has 1 amide bonds. The van der Waals surface area contributed by atoms with Crippen LogP contribution in [0.25, 0.3) is 0 Å². The minimum atomic E-state index is -0.372. The van der Waals surface area contributed by atoms with Gasteiger partial charge in [0.15, 0.2) is 11.5 Å². The van der Waals surface area contributed by atoms with E-state index in [0.717, 1.165) is 28.9 Å². The summed E-state index contributed by atoms with van der Waals surface area (Å²) in [5.74, 6) is 7.03. The smallest absolute Gasteiger partial charge is 0.232 e. The van der Waals surface area contributed by atoms with Crippen molar-refractivity contribution in [3.8, 4) is 23.3 Å². The minimum Gasteiger partial charge on any atom is -0.483 e. The topological polar surface area (TPSA) is 47.6 Å². The van der Waals surface area contributed by atoms with Crippen LogP contribution in [0, 0.1) is 11.8 Å². The van der Waals surface area contributed by atoms with Crippen LogP contribution >= 0.6 is 0 Å². The van der Waals surface area contributed by atoms with Crippen molar-refractivity contribution >= 4 is 5.91 Å². The van der Waals surface area contributed by atoms with Gasteiger partial charge in [0.1, 0.15) is 12.2 Å². The molecule has 1 aliphatic rings. The number of para-hydroxylation sites is 1. The second kappa shape index (κ2) is 9.62. The summed E-state index contributed by atoms with van der Waals surface area (Å²) in [5.41, 5.74) is 2.84. The van der Waals surface area contributed by atoms with Crippen molar-refractivity contribution in [2.24, 2.45) is 0 Å². The van der Waals surface area contributed by atoms with Crippen molar-refractivity contribution in [1.29, 1.82) is 0 Å². The normalized spacial score (nSPS) is 13.5. The van der Waals surface area contributed by atoms with Crippen LogP contribution in [-0.2, 0) is 11.2 Å². The molecule has 3 aromatic carbocycles. The molecule has 1 aliphatic heterocycles. The summed E-state index contributed by atoms with van der Waals surface area (Å²) >= 11 is 0. The molecule has 4 rings (SSSR count). The van der Waals surface area contributed by atoms with Gasteiger partial charge in [-0.1, -0.05) is 84.6 Å². The highest BCUT2D eigenvalue weighted by Crippen LogP contribution is 2.41. The fourth-order valence-electron chi connectivity index (χ4n) is 3.95. The lowest BCUT2D eigenvalue weighted by Crippen LogP contribution is -2.30. The maximum absolute atomic E-state index is 13.0. The Hall–Kier alpha value is -3.71. The maximum atomic E-state index is 13.0. The molecule has 0 aromatic heterocycles. The van der Waals surface area contributed by atoms with Gasteiger partial charge in [0, 0.05) is 12.0 Å². The first-order valence-corrected chi connectivity index (χ1v) is 10.8. The van der Waals surface area contributed by atoms with E-state index in [9.17, 15) is 4.79 Å². The Bertz CT molecular complexity index is 1090. The average molecular weight is 426 g/mol. The van der Waals surface area contributed by atoms with Crippen LogP contribution in [0.15, 0.2) is 78.9 Å². The lowest BCUT2D eigenvalue weighted by Gasteiger charge is -2.18. The first kappa shape index (κ1) is 21.5. The van der Waals surface area contributed by atoms with Crippen molar-refractivity contribution in [1.82, 2.24) is 5.32 Å². The summed E-state index contributed by atoms with van der Waals surface area (Å²) in [6.45, 7) is 4.63. The van der Waals surface area contributed by atoms with E-state index in [1.165, 1.54) is 0 Å². The maximum Gasteiger partial charge on any atom is 0.232 e. The summed E-state index contributed by atoms with van der Waals surface area (Å²) in [6.07, 6.45) is 0.862. The van der Waals surface area contributed by atoms with Gasteiger partial charge >= 0.3 is 0 Å². The molecule has 3 aromatic rings. The van der Waals surface area contributed by atoms with Gasteiger partial charge < -0.3 is 14.8 Å². The van der Waals surface area contributed by atoms with Crippen LogP contribution in [-0.4, -0.2) is 24.7 Å². The van der Waals surface area contributed by atoms with Gasteiger partial charge in [-0.3, -0.25) is 4.79 Å². The molecule has 0 radical (unpaired) electrons. The molecule has 1 N–H and O–H groups in total. The number of carbonyl (C=O) groups excluding carboxylic acids is 1. The van der Waals surface area contributed by atoms with Gasteiger partial charge in [-0.05, 0) is 31.0 Å². The SMILES string of the molecule is CC1(C)Cc2cccc(OCC#CCNC(=O)C(c3ccccc3)c3ccccc3)c2O1. The third-order valence-corrected chi connectivity index (χ3v) is 5.36. The van der Waals surface area contributed by atoms with Gasteiger partial charge in [0.05, 0.1) is 12.5 Å². The molecule has 0 unspecified atom stereocenters. The van der Waals surface area contributed by atoms with E-state index in [1.54, 1.807) is 0 Å². The van der Waals surface area contributed by atoms with Crippen LogP contribution in [0.2, 0.25) is 0 Å². The molecule has 0 aliphatic carbocycles. The zero-order chi connectivity index (χ0) is 22.4. The number of amides is 1. The number of rotatable bonds is 6. The quantitative estimate of drug-likeness (QED) is 0.581. The molecule has 0 spiro atoms. The number of hydrogen-bond donors (Lipinski definition) is 1. The fourth-order valence-corrected chi connectivity index (χ4v) is 3.95. The van der Waals surface area contributed by atoms with Crippen LogP contribution in [0.1, 0.15) is 36.5 Å². The van der Waals surface area contributed by atoms with E-state index < -0.39 is 0 Å². The zero-order valence-corrected chi connectivity index (χ0v) is 18.4. The van der Waals surface area contributed by atoms with Crippen LogP contribution < -0.4 is 14.8 Å². The first-order chi connectivity index (χ1) is 15.5. The van der Waals surface area contributed by atoms with Gasteiger partial charge in [0.2, 0.25) is 5.91 Å². The highest BCUT2D eigenvalue weighted by molar-refractivity contribution is 5.87. The number of nitrogens with one attached hydrogen (secondary N) is 1. The summed E-state index contributed by atoms with van der Waals surface area (Å²) in [7, 11) is 0. The summed E-state index contributed by atoms with van der Waals surface area (Å²) in [5, 5.41) is 2.94. The number of benzene rings is 3. The Kier molecular flexibility index (Phi) is 6.47. The Morgan fingerprint density at radius 3 is 2.28 bits per heavy atom. The molecule has 0 saturated carbocycles. The molecule has 0 atom stereocenters. The molecule has 1 heterocycles. The van der Waals surface area contributed by atoms with Crippen LogP contribution in [0.4, 0.5) is 0 Å². The minimum absolute atomic E-state index is 0.0749. The van der Waals surface area contributed by atoms with E-state index >= 15 is 0 Å². The average Bonchev–Trinajstić information content (AvgIpc) is 3.12. The molecule has 32 heavy (non-hydrogen) atoms. The molecule has 162 valence electrons. The third kappa shape index (κ3) is 5.12. The van der Waals surface area contributed by atoms with Gasteiger partial charge in [0.25, 0.3) is 0 Å². The Morgan fingerprint density at radius 1 is 0.969 bits per heavy atom. The molecule has 0 bridgehead atoms. The largest absolute Gasteiger partial charge is 0.483 e. The number of ether oxygens (including phenoxy) is 2. The summed E-state index contributed by atoms with van der Waals surface area (Å²) in [6, 6.07) is 25.5. The zero-order valence-electron chi connectivity index (χ0n) is 18.4. The molecule has 4 nitrogen and oxygen atoms in total. The summed E-state index contributed by atoms with van der Waals surface area (Å²) < 4.78 is 11.8. The van der Waals surface area contributed by atoms with E-state index in [-0.39, 0.29) is 30.6 Å². The highest BCUT2D eigenvalue weighted by atomic mass is 16.5. The second-order valence-electron chi connectivity index (χ2n) is 8.40. The third-order valence-electron chi connectivity index (χ3n) is 5.36. The highest BCUT2D eigenvalue weighted by Gasteiger charge is 2.32. The predicted octanol–water partition coefficient (Wildman–Crippen LogP) is 4.73. The monoisotopic (exact) mass is 425 g/mol. The Morgan fingerprint density at radius 2 is 1.62 bits per heavy atom. The molecular formula is C28H27NO3. The van der Waals surface area contributed by atoms with Crippen molar-refractivity contribution in [3.63, 3.8) is 0 Å². The van der Waals surface area contributed by atoms with E-state index in [0.29, 0.717) is 5.75 Å². The standard InChI is InChI=1S/C28H27NO3/c1-28(2)20-23-16-11-17-24(26(23)32-28)31-19-10-9-18-29-27(30)25(21-12-5-3-6-13-21)22-14-7-4-8-15-22/h3-8,11-17,25H,18-20H2,1-2H3,(H,29,30). The second-order valence-corrected chi connectivity index (χ2v) is 8.40. The van der Waals surface area contributed by atoms with Gasteiger partial charge in [-0.2, -0.15) is 0 Å². The van der Waals surface area contributed by atoms with Gasteiger partial charge in [-0.25, -0.2) is 0 Å². The van der Waals surface area contributed by atoms with E-state index in [1.807, 2.05) is 72.8 Å². The van der Waals surface area contributed by atoms with Crippen molar-refractivity contribution in [3.05, 3.63) is 95.6 Å². The van der Waals surface area contributed by atoms with Crippen LogP contribution in [0.3, 0.4) is 0 Å². The first-order valence-electron chi connectivity index (χ1n) is 10.8. The molecule has 4 heteroatoms. The number of hydrogen-bond acceptors (Lipinski definition) is 3. The molecular weight excluding hydrogens is 398 g/mol. The molecule has 0 fully saturated rings. The fraction of sp³-hybridized carbons (Fsp3) is 0.250. The molecule has 0 saturated heterocycles. The Balaban J connectivity index is 1.34. The van der Waals surface area contributed by atoms with Crippen molar-refractivity contribution in [2.75, 3.05) is 13.2 Å². The van der Waals surface area contributed by atoms with Gasteiger partial charge in [-0.15, -0.1) is 0 Å². The lowest BCUT2D eigenvalue weighted by atomic mass is 9.90. The van der Waals surface area contributed by atoms with E-state index in [2.05, 4.69) is 37.1 Å². The predicted molar refractivity (Wildman–Crippen MR) is 126 cm³/mol. The number of carbonyl (C=O) groups is 1. The number of fused-ring (bicyclic) bond motifs is 1. The van der Waals surface area contributed by atoms with Crippen molar-refractivity contribution in [2.45, 2.75) is 31.8 Å². The van der Waals surface area contributed by atoms with E-state index in [4.69, 9.17) is 9.47 Å². The lowest BCUT2D eigenvalue weighted by molar-refractivity contribution is -0.121. The Labute approximate surface area is 189 Å².